The fraction of sp³-hybridized carbons (Fsp3) is 0.222. The lowest BCUT2D eigenvalue weighted by Gasteiger charge is -2.18. The van der Waals surface area contributed by atoms with Crippen LogP contribution in [0.5, 0.6) is 0 Å². The molecule has 26 heavy (non-hydrogen) atoms. The second kappa shape index (κ2) is 7.25. The predicted octanol–water partition coefficient (Wildman–Crippen LogP) is 1.57. The molecule has 1 aliphatic heterocycles. The number of amidine groups is 1. The maximum absolute atomic E-state index is 12.9. The van der Waals surface area contributed by atoms with E-state index >= 15 is 0 Å². The Hall–Kier alpha value is -2.74. The maximum atomic E-state index is 12.9. The molecule has 0 spiro atoms. The molecule has 0 bridgehead atoms. The summed E-state index contributed by atoms with van der Waals surface area (Å²) in [7, 11) is -2.09. The summed E-state index contributed by atoms with van der Waals surface area (Å²) in [4.78, 5) is 13.8. The Morgan fingerprint density at radius 2 is 1.85 bits per heavy atom. The van der Waals surface area contributed by atoms with Crippen LogP contribution in [0.1, 0.15) is 11.1 Å². The standard InChI is InChI=1S/C18H18FN3O3S/c1-22(18-15-4-2-3-5-16(15)26(24,25)21-18)12-17(23)20-11-10-13-6-8-14(19)9-7-13/h2-9H,10-12H2,1H3,(H,20,23). The van der Waals surface area contributed by atoms with Crippen LogP contribution in [0.2, 0.25) is 0 Å². The van der Waals surface area contributed by atoms with Gasteiger partial charge in [-0.1, -0.05) is 24.3 Å². The van der Waals surface area contributed by atoms with Gasteiger partial charge in [-0.3, -0.25) is 4.79 Å². The van der Waals surface area contributed by atoms with Crippen LogP contribution in [0.25, 0.3) is 0 Å². The third-order valence-corrected chi connectivity index (χ3v) is 5.33. The molecule has 0 aliphatic carbocycles. The molecule has 0 atom stereocenters. The van der Waals surface area contributed by atoms with Crippen LogP contribution in [0.3, 0.4) is 0 Å². The Morgan fingerprint density at radius 3 is 2.58 bits per heavy atom. The SMILES string of the molecule is CN(CC(=O)NCCc1ccc(F)cc1)C1=NS(=O)(=O)c2ccccc21. The highest BCUT2D eigenvalue weighted by Gasteiger charge is 2.30. The van der Waals surface area contributed by atoms with Crippen molar-refractivity contribution >= 4 is 21.8 Å². The van der Waals surface area contributed by atoms with Crippen molar-refractivity contribution in [3.05, 3.63) is 65.5 Å². The number of benzene rings is 2. The number of nitrogens with zero attached hydrogens (tertiary/aromatic N) is 2. The van der Waals surface area contributed by atoms with Crippen molar-refractivity contribution in [1.29, 1.82) is 0 Å². The van der Waals surface area contributed by atoms with E-state index in [-0.39, 0.29) is 29.0 Å². The van der Waals surface area contributed by atoms with E-state index in [0.717, 1.165) is 5.56 Å². The number of carbonyl (C=O) groups excluding carboxylic acids is 1. The Bertz CT molecular complexity index is 956. The van der Waals surface area contributed by atoms with Gasteiger partial charge in [0.05, 0.1) is 6.54 Å². The summed E-state index contributed by atoms with van der Waals surface area (Å²) < 4.78 is 40.8. The number of likely N-dealkylation sites (N-methyl/N-ethyl adjacent to an activating group) is 1. The molecule has 1 amide bonds. The lowest BCUT2D eigenvalue weighted by atomic mass is 10.1. The molecule has 1 aliphatic rings. The minimum Gasteiger partial charge on any atom is -0.354 e. The first-order valence-corrected chi connectivity index (χ1v) is 9.47. The Labute approximate surface area is 151 Å². The molecular formula is C18H18FN3O3S. The zero-order valence-electron chi connectivity index (χ0n) is 14.1. The number of rotatable bonds is 5. The summed E-state index contributed by atoms with van der Waals surface area (Å²) >= 11 is 0. The topological polar surface area (TPSA) is 78.8 Å². The van der Waals surface area contributed by atoms with E-state index in [2.05, 4.69) is 9.71 Å². The van der Waals surface area contributed by atoms with Crippen molar-refractivity contribution in [3.63, 3.8) is 0 Å². The first-order valence-electron chi connectivity index (χ1n) is 8.03. The van der Waals surface area contributed by atoms with Gasteiger partial charge < -0.3 is 10.2 Å². The first kappa shape index (κ1) is 18.1. The van der Waals surface area contributed by atoms with Gasteiger partial charge in [-0.05, 0) is 36.2 Å². The minimum absolute atomic E-state index is 0.0217. The van der Waals surface area contributed by atoms with Crippen LogP contribution < -0.4 is 5.32 Å². The molecule has 2 aromatic carbocycles. The van der Waals surface area contributed by atoms with E-state index in [1.54, 1.807) is 37.4 Å². The molecule has 6 nitrogen and oxygen atoms in total. The van der Waals surface area contributed by atoms with Crippen LogP contribution in [0, 0.1) is 5.82 Å². The van der Waals surface area contributed by atoms with Crippen LogP contribution in [0.15, 0.2) is 57.8 Å². The van der Waals surface area contributed by atoms with Gasteiger partial charge in [0.1, 0.15) is 10.7 Å². The van der Waals surface area contributed by atoms with E-state index in [1.807, 2.05) is 0 Å². The summed E-state index contributed by atoms with van der Waals surface area (Å²) in [5.41, 5.74) is 1.41. The predicted molar refractivity (Wildman–Crippen MR) is 95.9 cm³/mol. The largest absolute Gasteiger partial charge is 0.354 e. The molecule has 3 rings (SSSR count). The highest BCUT2D eigenvalue weighted by molar-refractivity contribution is 7.90. The quantitative estimate of drug-likeness (QED) is 0.860. The monoisotopic (exact) mass is 375 g/mol. The molecule has 0 saturated heterocycles. The number of sulfonamides is 1. The number of halogens is 1. The van der Waals surface area contributed by atoms with Gasteiger partial charge >= 0.3 is 0 Å². The van der Waals surface area contributed by atoms with Crippen molar-refractivity contribution in [2.24, 2.45) is 4.40 Å². The molecule has 0 saturated carbocycles. The van der Waals surface area contributed by atoms with Crippen LogP contribution in [0.4, 0.5) is 4.39 Å². The van der Waals surface area contributed by atoms with Gasteiger partial charge in [-0.25, -0.2) is 4.39 Å². The third-order valence-electron chi connectivity index (χ3n) is 4.00. The van der Waals surface area contributed by atoms with E-state index in [0.29, 0.717) is 18.5 Å². The summed E-state index contributed by atoms with van der Waals surface area (Å²) in [6.07, 6.45) is 0.577. The number of nitrogens with one attached hydrogen (secondary N) is 1. The highest BCUT2D eigenvalue weighted by Crippen LogP contribution is 2.26. The number of fused-ring (bicyclic) bond motifs is 1. The maximum Gasteiger partial charge on any atom is 0.285 e. The van der Waals surface area contributed by atoms with E-state index < -0.39 is 10.0 Å². The molecule has 8 heteroatoms. The second-order valence-corrected chi connectivity index (χ2v) is 7.54. The van der Waals surface area contributed by atoms with Gasteiger partial charge in [-0.2, -0.15) is 8.42 Å². The number of hydrogen-bond donors (Lipinski definition) is 1. The Balaban J connectivity index is 1.57. The first-order chi connectivity index (χ1) is 12.4. The molecule has 0 fully saturated rings. The summed E-state index contributed by atoms with van der Waals surface area (Å²) in [6, 6.07) is 12.6. The minimum atomic E-state index is -3.71. The molecule has 0 radical (unpaired) electrons. The van der Waals surface area contributed by atoms with E-state index in [4.69, 9.17) is 0 Å². The lowest BCUT2D eigenvalue weighted by molar-refractivity contribution is -0.121. The van der Waals surface area contributed by atoms with Gasteiger partial charge in [0.25, 0.3) is 10.0 Å². The molecule has 0 unspecified atom stereocenters. The molecular weight excluding hydrogens is 357 g/mol. The van der Waals surface area contributed by atoms with E-state index in [1.165, 1.54) is 23.1 Å². The number of amides is 1. The zero-order chi connectivity index (χ0) is 18.7. The van der Waals surface area contributed by atoms with Crippen molar-refractivity contribution in [3.8, 4) is 0 Å². The fourth-order valence-electron chi connectivity index (χ4n) is 2.71. The average molecular weight is 375 g/mol. The third kappa shape index (κ3) is 3.91. The second-order valence-electron chi connectivity index (χ2n) is 5.97. The van der Waals surface area contributed by atoms with Gasteiger partial charge in [0.15, 0.2) is 5.84 Å². The molecule has 1 N–H and O–H groups in total. The molecule has 0 aromatic heterocycles. The van der Waals surface area contributed by atoms with Crippen molar-refractivity contribution in [2.45, 2.75) is 11.3 Å². The molecule has 2 aromatic rings. The number of carbonyl (C=O) groups is 1. The summed E-state index contributed by atoms with van der Waals surface area (Å²) in [5, 5.41) is 2.77. The average Bonchev–Trinajstić information content (AvgIpc) is 2.89. The zero-order valence-corrected chi connectivity index (χ0v) is 15.0. The van der Waals surface area contributed by atoms with Crippen molar-refractivity contribution in [1.82, 2.24) is 10.2 Å². The van der Waals surface area contributed by atoms with Gasteiger partial charge in [-0.15, -0.1) is 4.40 Å². The molecule has 136 valence electrons. The van der Waals surface area contributed by atoms with Crippen LogP contribution >= 0.6 is 0 Å². The smallest absolute Gasteiger partial charge is 0.285 e. The lowest BCUT2D eigenvalue weighted by Crippen LogP contribution is -2.39. The van der Waals surface area contributed by atoms with Crippen LogP contribution in [-0.2, 0) is 21.2 Å². The Kier molecular flexibility index (Phi) is 5.03. The van der Waals surface area contributed by atoms with Crippen molar-refractivity contribution < 1.29 is 17.6 Å². The Morgan fingerprint density at radius 1 is 1.15 bits per heavy atom. The fourth-order valence-corrected chi connectivity index (χ4v) is 3.96. The normalized spacial score (nSPS) is 14.5. The highest BCUT2D eigenvalue weighted by atomic mass is 32.2. The van der Waals surface area contributed by atoms with Gasteiger partial charge in [0.2, 0.25) is 5.91 Å². The van der Waals surface area contributed by atoms with E-state index in [9.17, 15) is 17.6 Å². The summed E-state index contributed by atoms with van der Waals surface area (Å²) in [5.74, 6) is -0.291. The van der Waals surface area contributed by atoms with Gasteiger partial charge in [0, 0.05) is 19.2 Å². The summed E-state index contributed by atoms with van der Waals surface area (Å²) in [6.45, 7) is 0.381. The van der Waals surface area contributed by atoms with Crippen LogP contribution in [-0.4, -0.2) is 45.2 Å². The van der Waals surface area contributed by atoms with Crippen molar-refractivity contribution in [2.75, 3.05) is 20.1 Å². The molecule has 1 heterocycles. The number of hydrogen-bond acceptors (Lipinski definition) is 4.